The molecule has 17 heavy (non-hydrogen) atoms. The van der Waals surface area contributed by atoms with E-state index in [9.17, 15) is 5.11 Å². The third kappa shape index (κ3) is 4.13. The molecule has 1 nitrogen and oxygen atoms in total. The molecule has 1 rings (SSSR count). The van der Waals surface area contributed by atoms with Gasteiger partial charge in [0.05, 0.1) is 14.2 Å². The molecule has 0 saturated carbocycles. The number of aliphatic hydroxyl groups is 1. The maximum atomic E-state index is 10.2. The number of rotatable bonds is 4. The third-order valence-corrected chi connectivity index (χ3v) is 5.44. The van der Waals surface area contributed by atoms with Crippen molar-refractivity contribution in [3.05, 3.63) is 47.2 Å². The Morgan fingerprint density at radius 1 is 1.12 bits per heavy atom. The number of benzene rings is 1. The van der Waals surface area contributed by atoms with Crippen molar-refractivity contribution >= 4 is 8.07 Å². The second-order valence-corrected chi connectivity index (χ2v) is 11.0. The molecule has 0 aromatic heterocycles. The Hall–Kier alpha value is -0.863. The summed E-state index contributed by atoms with van der Waals surface area (Å²) in [5, 5.41) is 11.7. The van der Waals surface area contributed by atoms with Gasteiger partial charge in [0.25, 0.3) is 0 Å². The van der Waals surface area contributed by atoms with Crippen LogP contribution < -0.4 is 0 Å². The van der Waals surface area contributed by atoms with Crippen molar-refractivity contribution in [2.75, 3.05) is 0 Å². The van der Waals surface area contributed by atoms with Gasteiger partial charge in [-0.2, -0.15) is 0 Å². The normalized spacial score (nSPS) is 15.1. The number of allylic oxidation sites excluding steroid dienone is 1. The Bertz CT molecular complexity index is 374. The molecule has 0 radical (unpaired) electrons. The summed E-state index contributed by atoms with van der Waals surface area (Å²) in [7, 11) is -1.34. The van der Waals surface area contributed by atoms with Crippen molar-refractivity contribution in [1.82, 2.24) is 0 Å². The van der Waals surface area contributed by atoms with Crippen LogP contribution in [-0.2, 0) is 0 Å². The summed E-state index contributed by atoms with van der Waals surface area (Å²) in [4.78, 5) is 0. The zero-order chi connectivity index (χ0) is 13.1. The van der Waals surface area contributed by atoms with Gasteiger partial charge < -0.3 is 5.11 Å². The van der Waals surface area contributed by atoms with E-state index in [1.165, 1.54) is 5.20 Å². The molecule has 0 fully saturated rings. The molecule has 1 atom stereocenters. The molecule has 94 valence electrons. The van der Waals surface area contributed by atoms with Crippen molar-refractivity contribution in [2.45, 2.75) is 39.6 Å². The molecule has 1 aromatic carbocycles. The fraction of sp³-hybridized carbons (Fsp3) is 0.467. The topological polar surface area (TPSA) is 20.2 Å². The van der Waals surface area contributed by atoms with Gasteiger partial charge in [0.15, 0.2) is 0 Å². The minimum absolute atomic E-state index is 0.472. The molecule has 1 unspecified atom stereocenters. The predicted octanol–water partition coefficient (Wildman–Crippen LogP) is 4.18. The molecule has 0 saturated heterocycles. The van der Waals surface area contributed by atoms with E-state index in [-0.39, 0.29) is 0 Å². The lowest BCUT2D eigenvalue weighted by Gasteiger charge is -2.26. The molecule has 0 heterocycles. The van der Waals surface area contributed by atoms with Gasteiger partial charge in [0, 0.05) is 0 Å². The highest BCUT2D eigenvalue weighted by atomic mass is 28.3. The zero-order valence-electron chi connectivity index (χ0n) is 11.6. The fourth-order valence-electron chi connectivity index (χ4n) is 2.22. The Kier molecular flexibility index (Phi) is 4.72. The van der Waals surface area contributed by atoms with E-state index >= 15 is 0 Å². The number of hydrogen-bond donors (Lipinski definition) is 1. The maximum Gasteiger partial charge on any atom is 0.0970 e. The smallest absolute Gasteiger partial charge is 0.0970 e. The lowest BCUT2D eigenvalue weighted by Crippen LogP contribution is -2.28. The molecule has 0 spiro atoms. The molecule has 0 bridgehead atoms. The molecule has 1 N–H and O–H groups in total. The summed E-state index contributed by atoms with van der Waals surface area (Å²) in [5.41, 5.74) is 0.976. The van der Waals surface area contributed by atoms with Crippen LogP contribution in [0, 0.1) is 5.92 Å². The summed E-state index contributed by atoms with van der Waals surface area (Å²) in [5.74, 6) is 0.514. The highest BCUT2D eigenvalue weighted by molar-refractivity contribution is 6.83. The van der Waals surface area contributed by atoms with Crippen molar-refractivity contribution in [2.24, 2.45) is 5.92 Å². The predicted molar refractivity (Wildman–Crippen MR) is 77.7 cm³/mol. The summed E-state index contributed by atoms with van der Waals surface area (Å²) in [6.45, 7) is 11.4. The molecule has 0 amide bonds. The van der Waals surface area contributed by atoms with Crippen LogP contribution in [-0.4, -0.2) is 13.2 Å². The largest absolute Gasteiger partial charge is 0.384 e. The number of aliphatic hydroxyl groups excluding tert-OH is 1. The van der Waals surface area contributed by atoms with Crippen LogP contribution in [0.1, 0.15) is 25.5 Å². The second-order valence-electron chi connectivity index (χ2n) is 5.88. The minimum Gasteiger partial charge on any atom is -0.384 e. The van der Waals surface area contributed by atoms with Crippen LogP contribution >= 0.6 is 0 Å². The average molecular weight is 248 g/mol. The Morgan fingerprint density at radius 3 is 2.06 bits per heavy atom. The Morgan fingerprint density at radius 2 is 1.65 bits per heavy atom. The van der Waals surface area contributed by atoms with Crippen molar-refractivity contribution in [3.8, 4) is 0 Å². The van der Waals surface area contributed by atoms with Crippen molar-refractivity contribution in [1.29, 1.82) is 0 Å². The summed E-state index contributed by atoms with van der Waals surface area (Å²) < 4.78 is 0. The highest BCUT2D eigenvalue weighted by Crippen LogP contribution is 2.26. The van der Waals surface area contributed by atoms with E-state index in [2.05, 4.69) is 39.6 Å². The van der Waals surface area contributed by atoms with Crippen LogP contribution in [0.25, 0.3) is 0 Å². The lowest BCUT2D eigenvalue weighted by atomic mass is 10.1. The van der Waals surface area contributed by atoms with E-state index in [1.54, 1.807) is 0 Å². The Balaban J connectivity index is 3.00. The standard InChI is InChI=1S/C15H24OSi/c1-12(2)15(17(3,4)5)11-14(16)13-9-7-6-8-10-13/h6-12,14,16H,1-5H3/b15-11-. The lowest BCUT2D eigenvalue weighted by molar-refractivity contribution is 0.227. The third-order valence-electron chi connectivity index (χ3n) is 2.97. The van der Waals surface area contributed by atoms with E-state index in [1.807, 2.05) is 30.3 Å². The molecule has 2 heteroatoms. The summed E-state index contributed by atoms with van der Waals surface area (Å²) in [6, 6.07) is 9.86. The van der Waals surface area contributed by atoms with Gasteiger partial charge in [0.2, 0.25) is 0 Å². The van der Waals surface area contributed by atoms with Crippen LogP contribution in [0.2, 0.25) is 19.6 Å². The van der Waals surface area contributed by atoms with E-state index in [0.29, 0.717) is 5.92 Å². The van der Waals surface area contributed by atoms with Gasteiger partial charge in [-0.05, 0) is 11.5 Å². The van der Waals surface area contributed by atoms with Crippen LogP contribution in [0.4, 0.5) is 0 Å². The zero-order valence-corrected chi connectivity index (χ0v) is 12.6. The van der Waals surface area contributed by atoms with E-state index in [4.69, 9.17) is 0 Å². The molecule has 0 aliphatic carbocycles. The monoisotopic (exact) mass is 248 g/mol. The van der Waals surface area contributed by atoms with Crippen LogP contribution in [0.3, 0.4) is 0 Å². The van der Waals surface area contributed by atoms with E-state index in [0.717, 1.165) is 5.56 Å². The average Bonchev–Trinajstić information content (AvgIpc) is 2.24. The first kappa shape index (κ1) is 14.2. The molecule has 0 aliphatic heterocycles. The van der Waals surface area contributed by atoms with Gasteiger partial charge in [-0.25, -0.2) is 0 Å². The fourth-order valence-corrected chi connectivity index (χ4v) is 4.61. The molecular formula is C15H24OSi. The highest BCUT2D eigenvalue weighted by Gasteiger charge is 2.23. The van der Waals surface area contributed by atoms with Crippen molar-refractivity contribution < 1.29 is 5.11 Å². The van der Waals surface area contributed by atoms with Gasteiger partial charge >= 0.3 is 0 Å². The van der Waals surface area contributed by atoms with Gasteiger partial charge in [-0.3, -0.25) is 0 Å². The van der Waals surface area contributed by atoms with E-state index < -0.39 is 14.2 Å². The molecule has 1 aromatic rings. The number of hydrogen-bond acceptors (Lipinski definition) is 1. The van der Waals surface area contributed by atoms with Crippen LogP contribution in [0.15, 0.2) is 41.6 Å². The quantitative estimate of drug-likeness (QED) is 0.793. The minimum atomic E-state index is -1.34. The summed E-state index contributed by atoms with van der Waals surface area (Å²) >= 11 is 0. The van der Waals surface area contributed by atoms with Gasteiger partial charge in [-0.1, -0.05) is 75.1 Å². The van der Waals surface area contributed by atoms with Gasteiger partial charge in [-0.15, -0.1) is 0 Å². The Labute approximate surface area is 106 Å². The first-order valence-electron chi connectivity index (χ1n) is 6.27. The maximum absolute atomic E-state index is 10.2. The van der Waals surface area contributed by atoms with Gasteiger partial charge in [0.1, 0.15) is 0 Å². The first-order chi connectivity index (χ1) is 7.82. The van der Waals surface area contributed by atoms with Crippen molar-refractivity contribution in [3.63, 3.8) is 0 Å². The summed E-state index contributed by atoms with van der Waals surface area (Å²) in [6.07, 6.45) is 1.59. The molecule has 0 aliphatic rings. The second kappa shape index (κ2) is 5.65. The first-order valence-corrected chi connectivity index (χ1v) is 9.77. The molecular weight excluding hydrogens is 224 g/mol. The SMILES string of the molecule is CC(C)/C(=C/C(O)c1ccccc1)[Si](C)(C)C. The van der Waals surface area contributed by atoms with Crippen LogP contribution in [0.5, 0.6) is 0 Å².